The van der Waals surface area contributed by atoms with E-state index in [1.807, 2.05) is 42.5 Å². The maximum Gasteiger partial charge on any atom is 0.101 e. The highest BCUT2D eigenvalue weighted by molar-refractivity contribution is 7.53. The van der Waals surface area contributed by atoms with Crippen molar-refractivity contribution in [2.45, 2.75) is 0 Å². The molecular weight excluding hydrogens is 179 g/mol. The van der Waals surface area contributed by atoms with Crippen LogP contribution in [0.2, 0.25) is 0 Å². The summed E-state index contributed by atoms with van der Waals surface area (Å²) in [4.78, 5) is 0. The third-order valence-electron chi connectivity index (χ3n) is 2.11. The van der Waals surface area contributed by atoms with Crippen LogP contribution in [0.4, 0.5) is 0 Å². The Labute approximate surface area is 78.2 Å². The Bertz CT molecular complexity index is 457. The van der Waals surface area contributed by atoms with Crippen molar-refractivity contribution in [2.24, 2.45) is 0 Å². The van der Waals surface area contributed by atoms with Crippen LogP contribution in [-0.2, 0) is 4.57 Å². The van der Waals surface area contributed by atoms with Crippen LogP contribution in [0, 0.1) is 0 Å². The SMILES string of the molecule is C[P](=O)c1cccc2ccccc12. The van der Waals surface area contributed by atoms with E-state index in [-0.39, 0.29) is 0 Å². The summed E-state index contributed by atoms with van der Waals surface area (Å²) in [5, 5.41) is 3.21. The van der Waals surface area contributed by atoms with Gasteiger partial charge in [0.15, 0.2) is 0 Å². The highest BCUT2D eigenvalue weighted by atomic mass is 31.1. The predicted molar refractivity (Wildman–Crippen MR) is 57.1 cm³/mol. The zero-order valence-electron chi connectivity index (χ0n) is 7.40. The predicted octanol–water partition coefficient (Wildman–Crippen LogP) is 2.92. The molecule has 2 aromatic carbocycles. The molecule has 0 bridgehead atoms. The first-order valence-electron chi connectivity index (χ1n) is 4.17. The largest absolute Gasteiger partial charge is 0.282 e. The van der Waals surface area contributed by atoms with Gasteiger partial charge in [0.05, 0.1) is 0 Å². The molecule has 0 aromatic heterocycles. The zero-order valence-corrected chi connectivity index (χ0v) is 8.29. The minimum Gasteiger partial charge on any atom is -0.282 e. The number of benzene rings is 2. The van der Waals surface area contributed by atoms with Gasteiger partial charge in [-0.1, -0.05) is 36.4 Å². The summed E-state index contributed by atoms with van der Waals surface area (Å²) < 4.78 is 11.4. The first-order valence-corrected chi connectivity index (χ1v) is 5.88. The lowest BCUT2D eigenvalue weighted by Crippen LogP contribution is -1.96. The normalized spacial score (nSPS) is 11.6. The molecule has 0 spiro atoms. The second-order valence-electron chi connectivity index (χ2n) is 3.00. The molecule has 0 aliphatic rings. The summed E-state index contributed by atoms with van der Waals surface area (Å²) in [5.41, 5.74) is 0. The molecule has 0 saturated heterocycles. The van der Waals surface area contributed by atoms with Crippen molar-refractivity contribution in [3.63, 3.8) is 0 Å². The van der Waals surface area contributed by atoms with Gasteiger partial charge in [-0.05, 0) is 16.8 Å². The second-order valence-corrected chi connectivity index (χ2v) is 4.47. The van der Waals surface area contributed by atoms with Crippen LogP contribution in [0.3, 0.4) is 0 Å². The van der Waals surface area contributed by atoms with Gasteiger partial charge in [-0.25, -0.2) is 0 Å². The lowest BCUT2D eigenvalue weighted by atomic mass is 10.1. The maximum atomic E-state index is 11.4. The third kappa shape index (κ3) is 1.48. The van der Waals surface area contributed by atoms with Crippen LogP contribution in [-0.4, -0.2) is 6.66 Å². The zero-order chi connectivity index (χ0) is 9.26. The summed E-state index contributed by atoms with van der Waals surface area (Å²) in [5.74, 6) is 0. The molecule has 0 fully saturated rings. The van der Waals surface area contributed by atoms with Gasteiger partial charge in [0, 0.05) is 12.0 Å². The average molecular weight is 189 g/mol. The molecule has 0 saturated carbocycles. The van der Waals surface area contributed by atoms with Crippen molar-refractivity contribution in [2.75, 3.05) is 6.66 Å². The van der Waals surface area contributed by atoms with Crippen molar-refractivity contribution in [1.29, 1.82) is 0 Å². The molecule has 2 rings (SSSR count). The van der Waals surface area contributed by atoms with Crippen molar-refractivity contribution < 1.29 is 4.57 Å². The summed E-state index contributed by atoms with van der Waals surface area (Å²) in [7, 11) is -1.25. The Balaban J connectivity index is 2.83. The summed E-state index contributed by atoms with van der Waals surface area (Å²) in [6, 6.07) is 14.0. The van der Waals surface area contributed by atoms with Gasteiger partial charge in [-0.15, -0.1) is 0 Å². The van der Waals surface area contributed by atoms with Crippen LogP contribution >= 0.6 is 7.80 Å². The van der Waals surface area contributed by atoms with Crippen molar-refractivity contribution >= 4 is 23.9 Å². The Kier molecular flexibility index (Phi) is 2.12. The highest BCUT2D eigenvalue weighted by Gasteiger charge is 2.02. The molecule has 13 heavy (non-hydrogen) atoms. The Morgan fingerprint density at radius 1 is 1.00 bits per heavy atom. The van der Waals surface area contributed by atoms with E-state index in [9.17, 15) is 4.57 Å². The lowest BCUT2D eigenvalue weighted by molar-refractivity contribution is 0.596. The summed E-state index contributed by atoms with van der Waals surface area (Å²) >= 11 is 0. The van der Waals surface area contributed by atoms with Crippen molar-refractivity contribution in [1.82, 2.24) is 0 Å². The van der Waals surface area contributed by atoms with Crippen molar-refractivity contribution in [3.8, 4) is 0 Å². The van der Waals surface area contributed by atoms with Crippen LogP contribution in [0.15, 0.2) is 42.5 Å². The van der Waals surface area contributed by atoms with Gasteiger partial charge in [0.1, 0.15) is 7.80 Å². The molecule has 2 aromatic rings. The third-order valence-corrected chi connectivity index (χ3v) is 3.17. The molecule has 1 unspecified atom stereocenters. The first-order chi connectivity index (χ1) is 6.29. The number of hydrogen-bond acceptors (Lipinski definition) is 1. The number of hydrogen-bond donors (Lipinski definition) is 0. The maximum absolute atomic E-state index is 11.4. The van der Waals surface area contributed by atoms with Gasteiger partial charge in [0.25, 0.3) is 0 Å². The van der Waals surface area contributed by atoms with Gasteiger partial charge < -0.3 is 0 Å². The fourth-order valence-electron chi connectivity index (χ4n) is 1.48. The average Bonchev–Trinajstić information content (AvgIpc) is 2.17. The van der Waals surface area contributed by atoms with E-state index in [1.165, 1.54) is 0 Å². The number of rotatable bonds is 1. The number of fused-ring (bicyclic) bond motifs is 1. The van der Waals surface area contributed by atoms with Crippen LogP contribution < -0.4 is 5.30 Å². The smallest absolute Gasteiger partial charge is 0.101 e. The monoisotopic (exact) mass is 189 g/mol. The van der Waals surface area contributed by atoms with E-state index >= 15 is 0 Å². The van der Waals surface area contributed by atoms with Gasteiger partial charge in [-0.3, -0.25) is 4.57 Å². The highest BCUT2D eigenvalue weighted by Crippen LogP contribution is 2.21. The fourth-order valence-corrected chi connectivity index (χ4v) is 2.32. The summed E-state index contributed by atoms with van der Waals surface area (Å²) in [6.07, 6.45) is 0. The van der Waals surface area contributed by atoms with E-state index in [0.29, 0.717) is 0 Å². The molecule has 65 valence electrons. The van der Waals surface area contributed by atoms with E-state index < -0.39 is 7.80 Å². The van der Waals surface area contributed by atoms with Crippen LogP contribution in [0.25, 0.3) is 10.8 Å². The van der Waals surface area contributed by atoms with E-state index in [4.69, 9.17) is 0 Å². The van der Waals surface area contributed by atoms with Crippen LogP contribution in [0.5, 0.6) is 0 Å². The van der Waals surface area contributed by atoms with E-state index in [1.54, 1.807) is 6.66 Å². The summed E-state index contributed by atoms with van der Waals surface area (Å²) in [6.45, 7) is 1.75. The minimum atomic E-state index is -1.25. The molecule has 1 radical (unpaired) electrons. The van der Waals surface area contributed by atoms with Gasteiger partial charge >= 0.3 is 0 Å². The molecule has 0 aliphatic carbocycles. The standard InChI is InChI=1S/C11H10OP/c1-13(12)11-8-4-6-9-5-2-3-7-10(9)11/h2-8H,1H3. The quantitative estimate of drug-likeness (QED) is 0.630. The van der Waals surface area contributed by atoms with Gasteiger partial charge in [0.2, 0.25) is 0 Å². The molecule has 1 nitrogen and oxygen atoms in total. The second kappa shape index (κ2) is 3.27. The minimum absolute atomic E-state index is 0.952. The van der Waals surface area contributed by atoms with Gasteiger partial charge in [-0.2, -0.15) is 0 Å². The Hall–Kier alpha value is -1.20. The Morgan fingerprint density at radius 2 is 1.69 bits per heavy atom. The molecule has 1 atom stereocenters. The van der Waals surface area contributed by atoms with Crippen molar-refractivity contribution in [3.05, 3.63) is 42.5 Å². The molecule has 2 heteroatoms. The van der Waals surface area contributed by atoms with E-state index in [0.717, 1.165) is 16.1 Å². The lowest BCUT2D eigenvalue weighted by Gasteiger charge is -2.01. The topological polar surface area (TPSA) is 17.1 Å². The molecule has 0 amide bonds. The fraction of sp³-hybridized carbons (Fsp3) is 0.0909. The van der Waals surface area contributed by atoms with Crippen LogP contribution in [0.1, 0.15) is 0 Å². The molecule has 0 N–H and O–H groups in total. The molecule has 0 aliphatic heterocycles. The van der Waals surface area contributed by atoms with E-state index in [2.05, 4.69) is 0 Å². The molecule has 0 heterocycles. The first kappa shape index (κ1) is 8.40. The molecular formula is C11H10OP. The Morgan fingerprint density at radius 3 is 2.46 bits per heavy atom.